The number of alkyl halides is 3. The minimum atomic E-state index is -4.93. The molecule has 288 valence electrons. The lowest BCUT2D eigenvalue weighted by Crippen LogP contribution is -2.31. The van der Waals surface area contributed by atoms with Crippen LogP contribution >= 0.6 is 0 Å². The van der Waals surface area contributed by atoms with E-state index in [1.54, 1.807) is 6.92 Å². The number of carbonyl (C=O) groups excluding carboxylic acids is 1. The number of benzene rings is 4. The number of anilines is 1. The number of nitrogens with zero attached hydrogens (tertiary/aromatic N) is 3. The third-order valence-corrected chi connectivity index (χ3v) is 11.4. The van der Waals surface area contributed by atoms with Crippen LogP contribution in [0.2, 0.25) is 0 Å². The van der Waals surface area contributed by atoms with Crippen LogP contribution < -0.4 is 9.44 Å². The molecule has 1 heterocycles. The van der Waals surface area contributed by atoms with Crippen molar-refractivity contribution in [2.75, 3.05) is 10.5 Å². The van der Waals surface area contributed by atoms with Crippen molar-refractivity contribution in [2.45, 2.75) is 57.0 Å². The zero-order chi connectivity index (χ0) is 40.1. The molecule has 0 radical (unpaired) electrons. The molecule has 0 spiro atoms. The summed E-state index contributed by atoms with van der Waals surface area (Å²) in [5.41, 5.74) is -2.34. The standard InChI is InChI=1S/C38H34F5N5O5S2/c1-3-5-13-33-29(35(23-44)48(45-33)34-22-26(46-54(50,51)19-4-2)17-18-30(34)38(41,42)43)20-25-16-15-24(21-32(25)40)27-10-7-9-14-36(27)55(52,53)47-37(49)28-11-6-8-12-31(28)39/h6-12,14-18,21-22,46H,3-5,13,19-20H2,1-2H3,(H,47,49). The van der Waals surface area contributed by atoms with Gasteiger partial charge < -0.3 is 0 Å². The molecule has 4 aromatic carbocycles. The SMILES string of the molecule is CCCCc1nn(-c2cc(NS(=O)(=O)CCC)ccc2C(F)(F)F)c(C#N)c1Cc1ccc(-c2ccccc2S(=O)(=O)NC(=O)c2ccccc2F)cc1F. The Morgan fingerprint density at radius 2 is 1.60 bits per heavy atom. The summed E-state index contributed by atoms with van der Waals surface area (Å²) in [5, 5.41) is 14.7. The van der Waals surface area contributed by atoms with Crippen molar-refractivity contribution in [3.8, 4) is 22.9 Å². The fourth-order valence-corrected chi connectivity index (χ4v) is 8.21. The highest BCUT2D eigenvalue weighted by Crippen LogP contribution is 2.37. The molecule has 10 nitrogen and oxygen atoms in total. The number of halogens is 5. The maximum absolute atomic E-state index is 16.0. The van der Waals surface area contributed by atoms with E-state index in [0.717, 1.165) is 35.0 Å². The maximum atomic E-state index is 16.0. The number of sulfonamides is 2. The third-order valence-electron chi connectivity index (χ3n) is 8.47. The van der Waals surface area contributed by atoms with E-state index in [9.17, 15) is 44.5 Å². The van der Waals surface area contributed by atoms with Gasteiger partial charge in [0.25, 0.3) is 15.9 Å². The molecule has 17 heteroatoms. The fourth-order valence-electron chi connectivity index (χ4n) is 5.89. The van der Waals surface area contributed by atoms with E-state index in [4.69, 9.17) is 0 Å². The van der Waals surface area contributed by atoms with Gasteiger partial charge in [0.05, 0.1) is 38.8 Å². The molecule has 0 atom stereocenters. The van der Waals surface area contributed by atoms with Gasteiger partial charge in [-0.1, -0.05) is 62.7 Å². The summed E-state index contributed by atoms with van der Waals surface area (Å²) in [7, 11) is -8.50. The Kier molecular flexibility index (Phi) is 12.1. The van der Waals surface area contributed by atoms with Gasteiger partial charge in [0.15, 0.2) is 0 Å². The lowest BCUT2D eigenvalue weighted by Gasteiger charge is -2.16. The molecule has 55 heavy (non-hydrogen) atoms. The summed E-state index contributed by atoms with van der Waals surface area (Å²) >= 11 is 0. The molecule has 0 aliphatic heterocycles. The fraction of sp³-hybridized carbons (Fsp3) is 0.237. The highest BCUT2D eigenvalue weighted by Gasteiger charge is 2.36. The first-order valence-corrected chi connectivity index (χ1v) is 20.1. The van der Waals surface area contributed by atoms with Crippen LogP contribution in [-0.4, -0.2) is 38.3 Å². The average molecular weight is 800 g/mol. The van der Waals surface area contributed by atoms with Gasteiger partial charge in [-0.2, -0.15) is 23.5 Å². The molecule has 0 bridgehead atoms. The molecule has 1 amide bonds. The predicted octanol–water partition coefficient (Wildman–Crippen LogP) is 7.91. The first kappa shape index (κ1) is 40.6. The highest BCUT2D eigenvalue weighted by atomic mass is 32.2. The van der Waals surface area contributed by atoms with Gasteiger partial charge in [-0.25, -0.2) is 35.0 Å². The molecule has 2 N–H and O–H groups in total. The largest absolute Gasteiger partial charge is 0.418 e. The topological polar surface area (TPSA) is 151 Å². The lowest BCUT2D eigenvalue weighted by atomic mass is 9.97. The summed E-state index contributed by atoms with van der Waals surface area (Å²) in [5.74, 6) is -3.28. The molecule has 0 fully saturated rings. The average Bonchev–Trinajstić information content (AvgIpc) is 3.47. The van der Waals surface area contributed by atoms with Crippen LogP contribution in [0.1, 0.15) is 71.5 Å². The molecular weight excluding hydrogens is 766 g/mol. The molecule has 0 saturated carbocycles. The van der Waals surface area contributed by atoms with Gasteiger partial charge in [0.1, 0.15) is 23.4 Å². The van der Waals surface area contributed by atoms with Crippen molar-refractivity contribution in [3.05, 3.63) is 130 Å². The van der Waals surface area contributed by atoms with Gasteiger partial charge in [-0.05, 0) is 72.9 Å². The molecule has 1 aromatic heterocycles. The molecule has 0 aliphatic rings. The van der Waals surface area contributed by atoms with Gasteiger partial charge in [0.2, 0.25) is 10.0 Å². The first-order valence-electron chi connectivity index (χ1n) is 16.9. The van der Waals surface area contributed by atoms with E-state index in [1.807, 2.05) is 17.7 Å². The van der Waals surface area contributed by atoms with Crippen molar-refractivity contribution >= 4 is 31.6 Å². The third kappa shape index (κ3) is 9.20. The lowest BCUT2D eigenvalue weighted by molar-refractivity contribution is -0.137. The Hall–Kier alpha value is -5.60. The second-order valence-electron chi connectivity index (χ2n) is 12.4. The number of aromatic nitrogens is 2. The normalized spacial score (nSPS) is 12.0. The van der Waals surface area contributed by atoms with Crippen LogP contribution in [0.4, 0.5) is 27.6 Å². The number of hydrogen-bond acceptors (Lipinski definition) is 7. The van der Waals surface area contributed by atoms with Crippen LogP contribution in [-0.2, 0) is 39.1 Å². The molecule has 5 rings (SSSR count). The highest BCUT2D eigenvalue weighted by molar-refractivity contribution is 7.92. The second kappa shape index (κ2) is 16.4. The van der Waals surface area contributed by atoms with Crippen molar-refractivity contribution < 1.29 is 43.6 Å². The van der Waals surface area contributed by atoms with E-state index in [-0.39, 0.29) is 64.3 Å². The molecule has 0 unspecified atom stereocenters. The van der Waals surface area contributed by atoms with Crippen LogP contribution in [0.25, 0.3) is 16.8 Å². The molecule has 5 aromatic rings. The minimum absolute atomic E-state index is 0.00265. The quantitative estimate of drug-likeness (QED) is 0.108. The summed E-state index contributed by atoms with van der Waals surface area (Å²) < 4.78 is 130. The number of amides is 1. The van der Waals surface area contributed by atoms with Gasteiger partial charge in [-0.3, -0.25) is 9.52 Å². The van der Waals surface area contributed by atoms with Crippen LogP contribution in [0.15, 0.2) is 89.8 Å². The number of hydrogen-bond donors (Lipinski definition) is 2. The van der Waals surface area contributed by atoms with E-state index in [0.29, 0.717) is 18.9 Å². The van der Waals surface area contributed by atoms with Gasteiger partial charge in [0, 0.05) is 17.5 Å². The summed E-state index contributed by atoms with van der Waals surface area (Å²) in [4.78, 5) is 12.3. The molecule has 0 saturated heterocycles. The number of rotatable bonds is 14. The van der Waals surface area contributed by atoms with E-state index in [1.165, 1.54) is 48.5 Å². The van der Waals surface area contributed by atoms with Gasteiger partial charge >= 0.3 is 6.18 Å². The summed E-state index contributed by atoms with van der Waals surface area (Å²) in [6.07, 6.45) is -3.56. The number of unbranched alkanes of at least 4 members (excludes halogenated alkanes) is 1. The Labute approximate surface area is 314 Å². The summed E-state index contributed by atoms with van der Waals surface area (Å²) in [6, 6.07) is 18.5. The second-order valence-corrected chi connectivity index (χ2v) is 15.9. The van der Waals surface area contributed by atoms with E-state index >= 15 is 4.39 Å². The van der Waals surface area contributed by atoms with Crippen molar-refractivity contribution in [2.24, 2.45) is 0 Å². The van der Waals surface area contributed by atoms with E-state index < -0.39 is 65.5 Å². The zero-order valence-electron chi connectivity index (χ0n) is 29.4. The van der Waals surface area contributed by atoms with Gasteiger partial charge in [-0.15, -0.1) is 0 Å². The number of carbonyl (C=O) groups is 1. The number of nitriles is 1. The van der Waals surface area contributed by atoms with Crippen molar-refractivity contribution in [1.29, 1.82) is 5.26 Å². The zero-order valence-corrected chi connectivity index (χ0v) is 31.0. The Morgan fingerprint density at radius 1 is 0.891 bits per heavy atom. The summed E-state index contributed by atoms with van der Waals surface area (Å²) in [6.45, 7) is 3.50. The maximum Gasteiger partial charge on any atom is 0.418 e. The number of aryl methyl sites for hydroxylation is 1. The van der Waals surface area contributed by atoms with Crippen LogP contribution in [0, 0.1) is 23.0 Å². The Balaban J connectivity index is 1.55. The Bertz CT molecular complexity index is 2510. The number of nitrogens with one attached hydrogen (secondary N) is 2. The molecule has 0 aliphatic carbocycles. The van der Waals surface area contributed by atoms with Crippen LogP contribution in [0.3, 0.4) is 0 Å². The first-order chi connectivity index (χ1) is 26.0. The minimum Gasteiger partial charge on any atom is -0.283 e. The molecular formula is C38H34F5N5O5S2. The van der Waals surface area contributed by atoms with E-state index in [2.05, 4.69) is 9.82 Å². The van der Waals surface area contributed by atoms with Crippen LogP contribution in [0.5, 0.6) is 0 Å². The monoisotopic (exact) mass is 799 g/mol. The van der Waals surface area contributed by atoms with Crippen molar-refractivity contribution in [1.82, 2.24) is 14.5 Å². The van der Waals surface area contributed by atoms with Crippen molar-refractivity contribution in [3.63, 3.8) is 0 Å². The smallest absolute Gasteiger partial charge is 0.283 e. The Morgan fingerprint density at radius 3 is 2.25 bits per heavy atom. The predicted molar refractivity (Wildman–Crippen MR) is 195 cm³/mol.